The molecule has 0 aromatic carbocycles. The Kier molecular flexibility index (Phi) is 4.23. The second-order valence-corrected chi connectivity index (χ2v) is 6.81. The van der Waals surface area contributed by atoms with Crippen molar-refractivity contribution in [3.8, 4) is 0 Å². The number of hydrogen-bond donors (Lipinski definition) is 1. The van der Waals surface area contributed by atoms with Gasteiger partial charge in [-0.15, -0.1) is 11.3 Å². The van der Waals surface area contributed by atoms with Crippen LogP contribution >= 0.6 is 11.3 Å². The molecular formula is C14H24N2S. The first kappa shape index (κ1) is 13.1. The van der Waals surface area contributed by atoms with Gasteiger partial charge in [0.1, 0.15) is 0 Å². The second-order valence-electron chi connectivity index (χ2n) is 5.46. The maximum absolute atomic E-state index is 5.71. The van der Waals surface area contributed by atoms with E-state index in [4.69, 9.17) is 5.73 Å². The third-order valence-electron chi connectivity index (χ3n) is 3.57. The molecule has 2 N–H and O–H groups in total. The van der Waals surface area contributed by atoms with Gasteiger partial charge in [0.15, 0.2) is 0 Å². The summed E-state index contributed by atoms with van der Waals surface area (Å²) in [6.45, 7) is 9.86. The first-order chi connectivity index (χ1) is 8.10. The summed E-state index contributed by atoms with van der Waals surface area (Å²) < 4.78 is 0. The molecule has 0 spiro atoms. The van der Waals surface area contributed by atoms with Crippen molar-refractivity contribution in [1.29, 1.82) is 0 Å². The van der Waals surface area contributed by atoms with Crippen LogP contribution in [0.2, 0.25) is 0 Å². The lowest BCUT2D eigenvalue weighted by Crippen LogP contribution is -2.32. The number of hydrogen-bond acceptors (Lipinski definition) is 3. The van der Waals surface area contributed by atoms with E-state index < -0.39 is 0 Å². The highest BCUT2D eigenvalue weighted by Gasteiger charge is 2.25. The summed E-state index contributed by atoms with van der Waals surface area (Å²) in [5.74, 6) is 0.963. The molecular weight excluding hydrogens is 228 g/mol. The standard InChI is InChI=1S/C14H24N2S/c1-10(2)16(8-12-4-5-12)9-13-6-14(7-15)17-11(13)3/h6,10,12H,4-5,7-9,15H2,1-3H3. The highest BCUT2D eigenvalue weighted by Crippen LogP contribution is 2.31. The molecule has 2 nitrogen and oxygen atoms in total. The molecule has 1 aromatic heterocycles. The van der Waals surface area contributed by atoms with E-state index in [9.17, 15) is 0 Å². The van der Waals surface area contributed by atoms with E-state index >= 15 is 0 Å². The smallest absolute Gasteiger partial charge is 0.0274 e. The molecule has 0 unspecified atom stereocenters. The molecule has 0 atom stereocenters. The molecule has 1 saturated carbocycles. The van der Waals surface area contributed by atoms with Crippen molar-refractivity contribution in [2.24, 2.45) is 11.7 Å². The maximum atomic E-state index is 5.71. The summed E-state index contributed by atoms with van der Waals surface area (Å²) in [6, 6.07) is 2.93. The van der Waals surface area contributed by atoms with Gasteiger partial charge in [-0.3, -0.25) is 4.90 Å². The molecule has 1 aliphatic carbocycles. The molecule has 0 aliphatic heterocycles. The van der Waals surface area contributed by atoms with Crippen LogP contribution in [0.15, 0.2) is 6.07 Å². The van der Waals surface area contributed by atoms with Gasteiger partial charge in [0, 0.05) is 35.4 Å². The van der Waals surface area contributed by atoms with Crippen LogP contribution in [0.4, 0.5) is 0 Å². The average Bonchev–Trinajstić information content (AvgIpc) is 3.02. The van der Waals surface area contributed by atoms with E-state index in [1.165, 1.54) is 34.7 Å². The quantitative estimate of drug-likeness (QED) is 0.843. The second kappa shape index (κ2) is 5.51. The topological polar surface area (TPSA) is 29.3 Å². The third kappa shape index (κ3) is 3.54. The maximum Gasteiger partial charge on any atom is 0.0274 e. The summed E-state index contributed by atoms with van der Waals surface area (Å²) in [6.07, 6.45) is 2.86. The van der Waals surface area contributed by atoms with Crippen LogP contribution in [0.5, 0.6) is 0 Å². The first-order valence-electron chi connectivity index (χ1n) is 6.62. The Morgan fingerprint density at radius 3 is 2.65 bits per heavy atom. The summed E-state index contributed by atoms with van der Waals surface area (Å²) in [5, 5.41) is 0. The van der Waals surface area contributed by atoms with Crippen LogP contribution in [0.3, 0.4) is 0 Å². The molecule has 96 valence electrons. The summed E-state index contributed by atoms with van der Waals surface area (Å²) in [7, 11) is 0. The van der Waals surface area contributed by atoms with Crippen molar-refractivity contribution in [1.82, 2.24) is 4.90 Å². The van der Waals surface area contributed by atoms with E-state index in [0.717, 1.165) is 12.5 Å². The largest absolute Gasteiger partial charge is 0.326 e. The molecule has 1 heterocycles. The molecule has 0 saturated heterocycles. The van der Waals surface area contributed by atoms with E-state index in [2.05, 4.69) is 31.7 Å². The van der Waals surface area contributed by atoms with E-state index in [1.807, 2.05) is 11.3 Å². The van der Waals surface area contributed by atoms with Crippen LogP contribution in [0, 0.1) is 12.8 Å². The molecule has 3 heteroatoms. The number of nitrogens with zero attached hydrogens (tertiary/aromatic N) is 1. The molecule has 17 heavy (non-hydrogen) atoms. The van der Waals surface area contributed by atoms with Crippen molar-refractivity contribution in [3.05, 3.63) is 21.4 Å². The Morgan fingerprint density at radius 1 is 1.47 bits per heavy atom. The number of nitrogens with two attached hydrogens (primary N) is 1. The Hall–Kier alpha value is -0.380. The van der Waals surface area contributed by atoms with Gasteiger partial charge in [-0.05, 0) is 51.2 Å². The zero-order valence-corrected chi connectivity index (χ0v) is 12.0. The number of thiophene rings is 1. The highest BCUT2D eigenvalue weighted by molar-refractivity contribution is 7.12. The number of rotatable bonds is 6. The molecule has 0 bridgehead atoms. The van der Waals surface area contributed by atoms with Gasteiger partial charge < -0.3 is 5.73 Å². The minimum absolute atomic E-state index is 0.635. The van der Waals surface area contributed by atoms with E-state index in [0.29, 0.717) is 12.6 Å². The summed E-state index contributed by atoms with van der Waals surface area (Å²) in [5.41, 5.74) is 7.19. The number of aryl methyl sites for hydroxylation is 1. The fourth-order valence-electron chi connectivity index (χ4n) is 2.15. The minimum Gasteiger partial charge on any atom is -0.326 e. The van der Waals surface area contributed by atoms with Crippen LogP contribution in [-0.4, -0.2) is 17.5 Å². The van der Waals surface area contributed by atoms with Gasteiger partial charge in [0.25, 0.3) is 0 Å². The van der Waals surface area contributed by atoms with Crippen LogP contribution in [0.25, 0.3) is 0 Å². The predicted molar refractivity (Wildman–Crippen MR) is 75.2 cm³/mol. The molecule has 2 rings (SSSR count). The van der Waals surface area contributed by atoms with Crippen molar-refractivity contribution >= 4 is 11.3 Å². The fraction of sp³-hybridized carbons (Fsp3) is 0.714. The lowest BCUT2D eigenvalue weighted by atomic mass is 10.2. The van der Waals surface area contributed by atoms with Gasteiger partial charge in [-0.25, -0.2) is 0 Å². The van der Waals surface area contributed by atoms with Crippen molar-refractivity contribution < 1.29 is 0 Å². The Bertz CT molecular complexity index is 366. The lowest BCUT2D eigenvalue weighted by Gasteiger charge is -2.26. The van der Waals surface area contributed by atoms with Crippen LogP contribution in [0.1, 0.15) is 42.0 Å². The molecule has 0 amide bonds. The zero-order chi connectivity index (χ0) is 12.4. The monoisotopic (exact) mass is 252 g/mol. The Labute approximate surface area is 109 Å². The Morgan fingerprint density at radius 2 is 2.18 bits per heavy atom. The highest BCUT2D eigenvalue weighted by atomic mass is 32.1. The molecule has 1 aromatic rings. The van der Waals surface area contributed by atoms with Gasteiger partial charge in [0.2, 0.25) is 0 Å². The first-order valence-corrected chi connectivity index (χ1v) is 7.44. The van der Waals surface area contributed by atoms with Crippen LogP contribution < -0.4 is 5.73 Å². The zero-order valence-electron chi connectivity index (χ0n) is 11.2. The van der Waals surface area contributed by atoms with Crippen molar-refractivity contribution in [3.63, 3.8) is 0 Å². The SMILES string of the molecule is Cc1sc(CN)cc1CN(CC1CC1)C(C)C. The average molecular weight is 252 g/mol. The van der Waals surface area contributed by atoms with Crippen molar-refractivity contribution in [2.45, 2.75) is 52.7 Å². The molecule has 1 aliphatic rings. The lowest BCUT2D eigenvalue weighted by molar-refractivity contribution is 0.203. The normalized spacial score (nSPS) is 16.1. The summed E-state index contributed by atoms with van der Waals surface area (Å²) in [4.78, 5) is 5.35. The minimum atomic E-state index is 0.635. The molecule has 0 radical (unpaired) electrons. The predicted octanol–water partition coefficient (Wildman–Crippen LogP) is 3.14. The fourth-order valence-corrected chi connectivity index (χ4v) is 3.09. The van der Waals surface area contributed by atoms with E-state index in [1.54, 1.807) is 0 Å². The van der Waals surface area contributed by atoms with Gasteiger partial charge >= 0.3 is 0 Å². The third-order valence-corrected chi connectivity index (χ3v) is 4.68. The van der Waals surface area contributed by atoms with Crippen molar-refractivity contribution in [2.75, 3.05) is 6.54 Å². The van der Waals surface area contributed by atoms with E-state index in [-0.39, 0.29) is 0 Å². The van der Waals surface area contributed by atoms with Gasteiger partial charge in [0.05, 0.1) is 0 Å². The molecule has 1 fully saturated rings. The summed E-state index contributed by atoms with van der Waals surface area (Å²) >= 11 is 1.85. The van der Waals surface area contributed by atoms with Crippen LogP contribution in [-0.2, 0) is 13.1 Å². The Balaban J connectivity index is 2.02. The van der Waals surface area contributed by atoms with Gasteiger partial charge in [-0.2, -0.15) is 0 Å². The van der Waals surface area contributed by atoms with Gasteiger partial charge in [-0.1, -0.05) is 0 Å².